The first-order chi connectivity index (χ1) is 10.3. The van der Waals surface area contributed by atoms with E-state index >= 15 is 0 Å². The minimum Gasteiger partial charge on any atom is -0.354 e. The van der Waals surface area contributed by atoms with Crippen molar-refractivity contribution in [2.75, 3.05) is 51.2 Å². The molecule has 2 saturated heterocycles. The van der Waals surface area contributed by atoms with Crippen LogP contribution in [0.2, 0.25) is 0 Å². The van der Waals surface area contributed by atoms with Gasteiger partial charge in [0, 0.05) is 45.0 Å². The van der Waals surface area contributed by atoms with Gasteiger partial charge in [-0.05, 0) is 38.6 Å². The number of piperidine rings is 1. The zero-order valence-corrected chi connectivity index (χ0v) is 12.7. The fraction of sp³-hybridized carbons (Fsp3) is 0.625. The van der Waals surface area contributed by atoms with Crippen LogP contribution in [0.3, 0.4) is 0 Å². The van der Waals surface area contributed by atoms with Gasteiger partial charge in [-0.15, -0.1) is 0 Å². The van der Waals surface area contributed by atoms with Gasteiger partial charge in [0.05, 0.1) is 5.56 Å². The van der Waals surface area contributed by atoms with Crippen LogP contribution in [0, 0.1) is 11.3 Å². The van der Waals surface area contributed by atoms with Gasteiger partial charge in [0.1, 0.15) is 11.9 Å². The molecular formula is C16H23N5. The zero-order chi connectivity index (χ0) is 14.7. The summed E-state index contributed by atoms with van der Waals surface area (Å²) in [5.41, 5.74) is 0.627. The van der Waals surface area contributed by atoms with Gasteiger partial charge in [-0.25, -0.2) is 4.98 Å². The number of nitrogens with zero attached hydrogens (tertiary/aromatic N) is 5. The molecule has 2 aliphatic heterocycles. The second-order valence-corrected chi connectivity index (χ2v) is 6.10. The molecule has 0 aromatic carbocycles. The molecule has 0 aliphatic carbocycles. The van der Waals surface area contributed by atoms with Crippen LogP contribution in [0.1, 0.15) is 18.4 Å². The summed E-state index contributed by atoms with van der Waals surface area (Å²) in [6.45, 7) is 6.72. The third-order valence-electron chi connectivity index (χ3n) is 4.63. The van der Waals surface area contributed by atoms with E-state index in [0.717, 1.165) is 38.0 Å². The molecule has 5 heteroatoms. The van der Waals surface area contributed by atoms with Gasteiger partial charge in [0.25, 0.3) is 0 Å². The van der Waals surface area contributed by atoms with E-state index < -0.39 is 0 Å². The Morgan fingerprint density at radius 2 is 2.00 bits per heavy atom. The SMILES string of the molecule is CN1CCCC(N2CCN(c3ccc(C#N)cn3)CC2)C1. The van der Waals surface area contributed by atoms with Gasteiger partial charge in [0.15, 0.2) is 0 Å². The monoisotopic (exact) mass is 285 g/mol. The molecule has 21 heavy (non-hydrogen) atoms. The lowest BCUT2D eigenvalue weighted by Crippen LogP contribution is -2.54. The van der Waals surface area contributed by atoms with Crippen molar-refractivity contribution in [1.82, 2.24) is 14.8 Å². The summed E-state index contributed by atoms with van der Waals surface area (Å²) in [5.74, 6) is 0.995. The Bertz CT molecular complexity index is 498. The Hall–Kier alpha value is -1.64. The van der Waals surface area contributed by atoms with Gasteiger partial charge >= 0.3 is 0 Å². The maximum Gasteiger partial charge on any atom is 0.128 e. The number of likely N-dealkylation sites (N-methyl/N-ethyl adjacent to an activating group) is 1. The summed E-state index contributed by atoms with van der Waals surface area (Å²) in [4.78, 5) is 11.8. The second kappa shape index (κ2) is 6.42. The van der Waals surface area contributed by atoms with Crippen LogP contribution in [-0.2, 0) is 0 Å². The molecule has 1 aromatic heterocycles. The Labute approximate surface area is 126 Å². The Balaban J connectivity index is 1.56. The van der Waals surface area contributed by atoms with Crippen molar-refractivity contribution in [1.29, 1.82) is 5.26 Å². The summed E-state index contributed by atoms with van der Waals surface area (Å²) >= 11 is 0. The standard InChI is InChI=1S/C16H23N5/c1-19-6-2-3-15(13-19)20-7-9-21(10-8-20)16-5-4-14(11-17)12-18-16/h4-5,12,15H,2-3,6-10,13H2,1H3. The number of pyridine rings is 1. The van der Waals surface area contributed by atoms with Crippen molar-refractivity contribution in [3.05, 3.63) is 23.9 Å². The quantitative estimate of drug-likeness (QED) is 0.816. The van der Waals surface area contributed by atoms with E-state index in [1.54, 1.807) is 6.20 Å². The summed E-state index contributed by atoms with van der Waals surface area (Å²) in [7, 11) is 2.23. The molecule has 0 N–H and O–H groups in total. The van der Waals surface area contributed by atoms with Crippen LogP contribution in [0.15, 0.2) is 18.3 Å². The summed E-state index contributed by atoms with van der Waals surface area (Å²) in [6, 6.07) is 6.65. The Morgan fingerprint density at radius 3 is 2.62 bits per heavy atom. The maximum absolute atomic E-state index is 8.82. The highest BCUT2D eigenvalue weighted by molar-refractivity contribution is 5.42. The van der Waals surface area contributed by atoms with Crippen LogP contribution in [0.25, 0.3) is 0 Å². The van der Waals surface area contributed by atoms with E-state index in [1.165, 1.54) is 25.9 Å². The minimum absolute atomic E-state index is 0.627. The van der Waals surface area contributed by atoms with Gasteiger partial charge in [-0.3, -0.25) is 4.90 Å². The minimum atomic E-state index is 0.627. The van der Waals surface area contributed by atoms with Crippen LogP contribution < -0.4 is 4.90 Å². The van der Waals surface area contributed by atoms with E-state index in [2.05, 4.69) is 32.8 Å². The number of anilines is 1. The van der Waals surface area contributed by atoms with Crippen LogP contribution in [0.5, 0.6) is 0 Å². The fourth-order valence-electron chi connectivity index (χ4n) is 3.39. The first kappa shape index (κ1) is 14.3. The fourth-order valence-corrected chi connectivity index (χ4v) is 3.39. The third-order valence-corrected chi connectivity index (χ3v) is 4.63. The molecule has 1 atom stereocenters. The largest absolute Gasteiger partial charge is 0.354 e. The lowest BCUT2D eigenvalue weighted by atomic mass is 10.0. The van der Waals surface area contributed by atoms with Crippen LogP contribution in [0.4, 0.5) is 5.82 Å². The molecule has 1 unspecified atom stereocenters. The Kier molecular flexibility index (Phi) is 4.37. The summed E-state index contributed by atoms with van der Waals surface area (Å²) in [6.07, 6.45) is 4.32. The van der Waals surface area contributed by atoms with Crippen molar-refractivity contribution in [2.45, 2.75) is 18.9 Å². The average molecular weight is 285 g/mol. The normalized spacial score (nSPS) is 24.8. The molecule has 112 valence electrons. The smallest absolute Gasteiger partial charge is 0.128 e. The van der Waals surface area contributed by atoms with Crippen molar-refractivity contribution in [2.24, 2.45) is 0 Å². The van der Waals surface area contributed by atoms with Crippen LogP contribution in [-0.4, -0.2) is 67.1 Å². The summed E-state index contributed by atoms with van der Waals surface area (Å²) < 4.78 is 0. The third kappa shape index (κ3) is 3.34. The molecule has 0 radical (unpaired) electrons. The number of likely N-dealkylation sites (tertiary alicyclic amines) is 1. The number of rotatable bonds is 2. The highest BCUT2D eigenvalue weighted by atomic mass is 15.3. The lowest BCUT2D eigenvalue weighted by molar-refractivity contribution is 0.106. The van der Waals surface area contributed by atoms with Crippen molar-refractivity contribution in [3.8, 4) is 6.07 Å². The molecule has 3 heterocycles. The molecule has 5 nitrogen and oxygen atoms in total. The number of piperazine rings is 1. The molecule has 1 aromatic rings. The molecule has 0 saturated carbocycles. The van der Waals surface area contributed by atoms with Gasteiger partial charge < -0.3 is 9.80 Å². The maximum atomic E-state index is 8.82. The topological polar surface area (TPSA) is 46.4 Å². The van der Waals surface area contributed by atoms with E-state index in [4.69, 9.17) is 5.26 Å². The Morgan fingerprint density at radius 1 is 1.19 bits per heavy atom. The zero-order valence-electron chi connectivity index (χ0n) is 12.7. The molecule has 2 aliphatic rings. The number of nitriles is 1. The molecule has 0 bridgehead atoms. The highest BCUT2D eigenvalue weighted by Gasteiger charge is 2.27. The highest BCUT2D eigenvalue weighted by Crippen LogP contribution is 2.19. The predicted octanol–water partition coefficient (Wildman–Crippen LogP) is 1.17. The molecular weight excluding hydrogens is 262 g/mol. The van der Waals surface area contributed by atoms with Gasteiger partial charge in [-0.2, -0.15) is 5.26 Å². The number of hydrogen-bond donors (Lipinski definition) is 0. The number of aromatic nitrogens is 1. The molecule has 0 spiro atoms. The van der Waals surface area contributed by atoms with E-state index in [1.807, 2.05) is 12.1 Å². The second-order valence-electron chi connectivity index (χ2n) is 6.10. The van der Waals surface area contributed by atoms with E-state index in [0.29, 0.717) is 5.56 Å². The molecule has 2 fully saturated rings. The molecule has 0 amide bonds. The lowest BCUT2D eigenvalue weighted by Gasteiger charge is -2.43. The van der Waals surface area contributed by atoms with Crippen molar-refractivity contribution < 1.29 is 0 Å². The predicted molar refractivity (Wildman–Crippen MR) is 83.3 cm³/mol. The first-order valence-electron chi connectivity index (χ1n) is 7.80. The van der Waals surface area contributed by atoms with E-state index in [9.17, 15) is 0 Å². The number of hydrogen-bond acceptors (Lipinski definition) is 5. The molecule has 3 rings (SSSR count). The van der Waals surface area contributed by atoms with Crippen LogP contribution >= 0.6 is 0 Å². The van der Waals surface area contributed by atoms with Crippen molar-refractivity contribution >= 4 is 5.82 Å². The van der Waals surface area contributed by atoms with E-state index in [-0.39, 0.29) is 0 Å². The summed E-state index contributed by atoms with van der Waals surface area (Å²) in [5, 5.41) is 8.82. The average Bonchev–Trinajstić information content (AvgIpc) is 2.55. The van der Waals surface area contributed by atoms with Gasteiger partial charge in [-0.1, -0.05) is 0 Å². The first-order valence-corrected chi connectivity index (χ1v) is 7.80. The van der Waals surface area contributed by atoms with Gasteiger partial charge in [0.2, 0.25) is 0 Å². The van der Waals surface area contributed by atoms with Crippen molar-refractivity contribution in [3.63, 3.8) is 0 Å².